The van der Waals surface area contributed by atoms with Crippen molar-refractivity contribution in [2.45, 2.75) is 12.1 Å². The van der Waals surface area contributed by atoms with Crippen LogP contribution in [-0.2, 0) is 13.0 Å². The van der Waals surface area contributed by atoms with Crippen LogP contribution in [0.4, 0.5) is 22.0 Å². The van der Waals surface area contributed by atoms with Gasteiger partial charge in [-0.1, -0.05) is 0 Å². The van der Waals surface area contributed by atoms with E-state index in [9.17, 15) is 22.0 Å². The van der Waals surface area contributed by atoms with E-state index in [2.05, 4.69) is 15.5 Å². The summed E-state index contributed by atoms with van der Waals surface area (Å²) in [6.07, 6.45) is -5.69. The quantitative estimate of drug-likeness (QED) is 0.634. The molecule has 0 saturated carbocycles. The molecule has 0 bridgehead atoms. The van der Waals surface area contributed by atoms with E-state index < -0.39 is 17.9 Å². The van der Waals surface area contributed by atoms with Gasteiger partial charge in [0, 0.05) is 7.05 Å². The predicted molar refractivity (Wildman–Crippen MR) is 28.7 cm³/mol. The Labute approximate surface area is 68.3 Å². The zero-order valence-electron chi connectivity index (χ0n) is 6.18. The minimum Gasteiger partial charge on any atom is -0.227 e. The van der Waals surface area contributed by atoms with Gasteiger partial charge in [0.05, 0.1) is 0 Å². The van der Waals surface area contributed by atoms with Gasteiger partial charge in [-0.15, -0.1) is 5.10 Å². The lowest BCUT2D eigenvalue weighted by atomic mass is 10.3. The summed E-state index contributed by atoms with van der Waals surface area (Å²) in [5.74, 6) is -6.55. The van der Waals surface area contributed by atoms with Crippen LogP contribution < -0.4 is 0 Å². The highest BCUT2D eigenvalue weighted by molar-refractivity contribution is 4.97. The number of aromatic nitrogens is 4. The Kier molecular flexibility index (Phi) is 1.96. The fraction of sp³-hybridized carbons (Fsp3) is 0.750. The molecule has 0 saturated heterocycles. The molecule has 1 heterocycles. The molecule has 0 aliphatic carbocycles. The summed E-state index contributed by atoms with van der Waals surface area (Å²) in [7, 11) is 0.898. The lowest BCUT2D eigenvalue weighted by Gasteiger charge is -2.16. The number of aryl methyl sites for hydroxylation is 1. The van der Waals surface area contributed by atoms with Crippen LogP contribution in [0.25, 0.3) is 0 Å². The lowest BCUT2D eigenvalue weighted by molar-refractivity contribution is -0.293. The summed E-state index contributed by atoms with van der Waals surface area (Å²) in [5, 5.41) is 8.14. The van der Waals surface area contributed by atoms with Crippen molar-refractivity contribution in [1.29, 1.82) is 0 Å². The average molecular weight is 202 g/mol. The maximum Gasteiger partial charge on any atom is 0.461 e. The molecule has 0 aliphatic heterocycles. The van der Waals surface area contributed by atoms with Gasteiger partial charge >= 0.3 is 12.1 Å². The highest BCUT2D eigenvalue weighted by atomic mass is 19.4. The zero-order valence-corrected chi connectivity index (χ0v) is 6.18. The molecular weight excluding hydrogens is 199 g/mol. The molecule has 0 radical (unpaired) electrons. The number of halogens is 5. The number of nitrogens with zero attached hydrogens (tertiary/aromatic N) is 4. The van der Waals surface area contributed by atoms with Crippen LogP contribution in [0.15, 0.2) is 0 Å². The lowest BCUT2D eigenvalue weighted by Crippen LogP contribution is -2.36. The Morgan fingerprint density at radius 3 is 2.00 bits per heavy atom. The third-order valence-electron chi connectivity index (χ3n) is 1.26. The molecule has 9 heteroatoms. The van der Waals surface area contributed by atoms with E-state index in [0.717, 1.165) is 7.05 Å². The van der Waals surface area contributed by atoms with Crippen LogP contribution in [-0.4, -0.2) is 26.4 Å². The standard InChI is InChI=1S/C4H3F5N4/c1-13-2(10-11-12-13)3(5,6)4(7,8)9/h1H3. The second-order valence-corrected chi connectivity index (χ2v) is 2.20. The van der Waals surface area contributed by atoms with Crippen molar-refractivity contribution in [2.24, 2.45) is 7.05 Å². The summed E-state index contributed by atoms with van der Waals surface area (Å²) in [5.41, 5.74) is 0. The Bertz CT molecular complexity index is 302. The number of alkyl halides is 5. The minimum atomic E-state index is -5.69. The first kappa shape index (κ1) is 9.81. The number of hydrogen-bond donors (Lipinski definition) is 0. The van der Waals surface area contributed by atoms with Crippen molar-refractivity contribution in [2.75, 3.05) is 0 Å². The van der Waals surface area contributed by atoms with E-state index in [0.29, 0.717) is 0 Å². The van der Waals surface area contributed by atoms with Gasteiger partial charge in [0.15, 0.2) is 0 Å². The first-order chi connectivity index (χ1) is 5.77. The fourth-order valence-electron chi connectivity index (χ4n) is 0.622. The maximum atomic E-state index is 12.5. The average Bonchev–Trinajstić information content (AvgIpc) is 2.32. The molecule has 0 fully saturated rings. The van der Waals surface area contributed by atoms with E-state index >= 15 is 0 Å². The van der Waals surface area contributed by atoms with Crippen LogP contribution in [0.3, 0.4) is 0 Å². The van der Waals surface area contributed by atoms with Crippen LogP contribution in [0.1, 0.15) is 5.82 Å². The molecule has 0 amide bonds. The second-order valence-electron chi connectivity index (χ2n) is 2.20. The van der Waals surface area contributed by atoms with Crippen LogP contribution in [0.2, 0.25) is 0 Å². The molecule has 1 aromatic rings. The zero-order chi connectivity index (χ0) is 10.3. The third kappa shape index (κ3) is 1.45. The highest BCUT2D eigenvalue weighted by Crippen LogP contribution is 2.42. The van der Waals surface area contributed by atoms with Gasteiger partial charge < -0.3 is 0 Å². The summed E-state index contributed by atoms with van der Waals surface area (Å²) in [6.45, 7) is 0. The van der Waals surface area contributed by atoms with E-state index in [-0.39, 0.29) is 4.68 Å². The summed E-state index contributed by atoms with van der Waals surface area (Å²) in [6, 6.07) is 0. The molecule has 1 aromatic heterocycles. The molecule has 0 spiro atoms. The highest BCUT2D eigenvalue weighted by Gasteiger charge is 2.62. The van der Waals surface area contributed by atoms with Crippen molar-refractivity contribution in [3.8, 4) is 0 Å². The molecular formula is C4H3F5N4. The van der Waals surface area contributed by atoms with Crippen molar-refractivity contribution in [3.05, 3.63) is 5.82 Å². The molecule has 0 N–H and O–H groups in total. The molecule has 1 rings (SSSR count). The fourth-order valence-corrected chi connectivity index (χ4v) is 0.622. The van der Waals surface area contributed by atoms with Gasteiger partial charge in [0.1, 0.15) is 0 Å². The van der Waals surface area contributed by atoms with Crippen LogP contribution >= 0.6 is 0 Å². The Balaban J connectivity index is 3.15. The van der Waals surface area contributed by atoms with Crippen molar-refractivity contribution in [1.82, 2.24) is 20.2 Å². The Hall–Kier alpha value is -1.28. The van der Waals surface area contributed by atoms with Gasteiger partial charge in [-0.2, -0.15) is 22.0 Å². The van der Waals surface area contributed by atoms with Gasteiger partial charge in [-0.3, -0.25) is 0 Å². The second kappa shape index (κ2) is 2.60. The van der Waals surface area contributed by atoms with Crippen molar-refractivity contribution >= 4 is 0 Å². The maximum absolute atomic E-state index is 12.5. The van der Waals surface area contributed by atoms with Crippen LogP contribution in [0, 0.1) is 0 Å². The van der Waals surface area contributed by atoms with E-state index in [1.165, 1.54) is 0 Å². The SMILES string of the molecule is Cn1nnnc1C(F)(F)C(F)(F)F. The molecule has 0 atom stereocenters. The molecule has 0 aromatic carbocycles. The first-order valence-electron chi connectivity index (χ1n) is 2.94. The Morgan fingerprint density at radius 2 is 1.69 bits per heavy atom. The van der Waals surface area contributed by atoms with E-state index in [1.807, 2.05) is 0 Å². The Morgan fingerprint density at radius 1 is 1.15 bits per heavy atom. The summed E-state index contributed by atoms with van der Waals surface area (Å²) in [4.78, 5) is 0. The van der Waals surface area contributed by atoms with Gasteiger partial charge in [0.2, 0.25) is 5.82 Å². The normalized spacial score (nSPS) is 13.4. The minimum absolute atomic E-state index is 0.271. The third-order valence-corrected chi connectivity index (χ3v) is 1.26. The summed E-state index contributed by atoms with van der Waals surface area (Å²) >= 11 is 0. The first-order valence-corrected chi connectivity index (χ1v) is 2.94. The summed E-state index contributed by atoms with van der Waals surface area (Å²) < 4.78 is 60.4. The predicted octanol–water partition coefficient (Wildman–Crippen LogP) is 0.864. The molecule has 74 valence electrons. The van der Waals surface area contributed by atoms with Crippen molar-refractivity contribution < 1.29 is 22.0 Å². The van der Waals surface area contributed by atoms with Gasteiger partial charge in [0.25, 0.3) is 0 Å². The van der Waals surface area contributed by atoms with Gasteiger partial charge in [-0.05, 0) is 10.4 Å². The van der Waals surface area contributed by atoms with Gasteiger partial charge in [-0.25, -0.2) is 4.68 Å². The smallest absolute Gasteiger partial charge is 0.227 e. The number of tetrazole rings is 1. The molecule has 0 unspecified atom stereocenters. The largest absolute Gasteiger partial charge is 0.461 e. The number of rotatable bonds is 1. The number of hydrogen-bond acceptors (Lipinski definition) is 3. The monoisotopic (exact) mass is 202 g/mol. The molecule has 13 heavy (non-hydrogen) atoms. The topological polar surface area (TPSA) is 43.6 Å². The molecule has 4 nitrogen and oxygen atoms in total. The van der Waals surface area contributed by atoms with Crippen LogP contribution in [0.5, 0.6) is 0 Å². The van der Waals surface area contributed by atoms with E-state index in [1.54, 1.807) is 0 Å². The van der Waals surface area contributed by atoms with Crippen molar-refractivity contribution in [3.63, 3.8) is 0 Å². The molecule has 0 aliphatic rings. The van der Waals surface area contributed by atoms with E-state index in [4.69, 9.17) is 0 Å².